The van der Waals surface area contributed by atoms with Gasteiger partial charge in [0.05, 0.1) is 29.8 Å². The summed E-state index contributed by atoms with van der Waals surface area (Å²) in [6, 6.07) is 8.50. The molecular formula is C25H27ClFN3O2. The Labute approximate surface area is 192 Å². The minimum atomic E-state index is -0.681. The van der Waals surface area contributed by atoms with Gasteiger partial charge in [0.25, 0.3) is 0 Å². The highest BCUT2D eigenvalue weighted by Gasteiger charge is 2.46. The van der Waals surface area contributed by atoms with Crippen molar-refractivity contribution in [1.29, 1.82) is 0 Å². The maximum atomic E-state index is 14.0. The van der Waals surface area contributed by atoms with E-state index in [0.717, 1.165) is 48.9 Å². The van der Waals surface area contributed by atoms with E-state index >= 15 is 0 Å². The van der Waals surface area contributed by atoms with Crippen molar-refractivity contribution in [3.05, 3.63) is 71.0 Å². The second kappa shape index (κ2) is 8.83. The highest BCUT2D eigenvalue weighted by atomic mass is 35.5. The van der Waals surface area contributed by atoms with Crippen LogP contribution in [0.15, 0.2) is 48.9 Å². The Kier molecular flexibility index (Phi) is 5.91. The normalized spacial score (nSPS) is 21.1. The lowest BCUT2D eigenvalue weighted by molar-refractivity contribution is -0.137. The summed E-state index contributed by atoms with van der Waals surface area (Å²) in [5.41, 5.74) is 2.17. The molecule has 0 bridgehead atoms. The van der Waals surface area contributed by atoms with Gasteiger partial charge in [-0.15, -0.1) is 0 Å². The molecule has 1 aliphatic heterocycles. The number of hydrogen-bond acceptors (Lipinski definition) is 3. The number of nitrogens with zero attached hydrogens (tertiary/aromatic N) is 3. The van der Waals surface area contributed by atoms with E-state index in [1.54, 1.807) is 6.07 Å². The molecule has 7 heteroatoms. The lowest BCUT2D eigenvalue weighted by Crippen LogP contribution is -2.48. The number of aromatic nitrogens is 2. The second-order valence-corrected chi connectivity index (χ2v) is 9.39. The SMILES string of the molecule is O=C(N1CCOC[C@@H](Cc2nccn3cccc23)C1)C1(c2ccc(F)cc2Cl)CCCC1. The first-order chi connectivity index (χ1) is 15.6. The topological polar surface area (TPSA) is 46.8 Å². The van der Waals surface area contributed by atoms with Crippen molar-refractivity contribution < 1.29 is 13.9 Å². The van der Waals surface area contributed by atoms with E-state index in [2.05, 4.69) is 15.5 Å². The molecule has 1 amide bonds. The Morgan fingerprint density at radius 3 is 2.91 bits per heavy atom. The van der Waals surface area contributed by atoms with Crippen molar-refractivity contribution in [1.82, 2.24) is 14.3 Å². The van der Waals surface area contributed by atoms with E-state index in [-0.39, 0.29) is 17.6 Å². The van der Waals surface area contributed by atoms with Crippen molar-refractivity contribution in [3.63, 3.8) is 0 Å². The molecule has 0 unspecified atom stereocenters. The van der Waals surface area contributed by atoms with E-state index in [4.69, 9.17) is 16.3 Å². The van der Waals surface area contributed by atoms with Gasteiger partial charge in [0, 0.05) is 42.6 Å². The van der Waals surface area contributed by atoms with E-state index in [1.807, 2.05) is 29.6 Å². The predicted molar refractivity (Wildman–Crippen MR) is 121 cm³/mol. The zero-order chi connectivity index (χ0) is 22.1. The molecule has 0 spiro atoms. The summed E-state index contributed by atoms with van der Waals surface area (Å²) in [6.07, 6.45) is 9.91. The highest BCUT2D eigenvalue weighted by Crippen LogP contribution is 2.45. The third kappa shape index (κ3) is 3.90. The molecule has 1 saturated carbocycles. The summed E-state index contributed by atoms with van der Waals surface area (Å²) in [7, 11) is 0. The summed E-state index contributed by atoms with van der Waals surface area (Å²) in [5, 5.41) is 0.340. The molecular weight excluding hydrogens is 429 g/mol. The fourth-order valence-electron chi connectivity index (χ4n) is 5.41. The van der Waals surface area contributed by atoms with Gasteiger partial charge < -0.3 is 14.0 Å². The van der Waals surface area contributed by atoms with Crippen molar-refractivity contribution in [2.45, 2.75) is 37.5 Å². The van der Waals surface area contributed by atoms with Crippen LogP contribution in [0.25, 0.3) is 5.52 Å². The van der Waals surface area contributed by atoms with Crippen LogP contribution in [0.1, 0.15) is 36.9 Å². The molecule has 2 fully saturated rings. The number of benzene rings is 1. The van der Waals surface area contributed by atoms with E-state index in [9.17, 15) is 9.18 Å². The first kappa shape index (κ1) is 21.4. The van der Waals surface area contributed by atoms with E-state index < -0.39 is 5.41 Å². The molecule has 3 aromatic rings. The van der Waals surface area contributed by atoms with Gasteiger partial charge in [0.15, 0.2) is 0 Å². The van der Waals surface area contributed by atoms with Crippen LogP contribution >= 0.6 is 11.6 Å². The molecule has 5 nitrogen and oxygen atoms in total. The second-order valence-electron chi connectivity index (χ2n) is 8.98. The summed E-state index contributed by atoms with van der Waals surface area (Å²) in [6.45, 7) is 2.28. The van der Waals surface area contributed by atoms with E-state index in [0.29, 0.717) is 31.3 Å². The van der Waals surface area contributed by atoms with Crippen LogP contribution in [0.5, 0.6) is 0 Å². The number of carbonyl (C=O) groups is 1. The monoisotopic (exact) mass is 455 g/mol. The Bertz CT molecular complexity index is 1130. The Morgan fingerprint density at radius 1 is 1.25 bits per heavy atom. The first-order valence-corrected chi connectivity index (χ1v) is 11.7. The minimum absolute atomic E-state index is 0.0906. The standard InChI is InChI=1S/C25H27ClFN3O2/c26-21-15-19(27)5-6-20(21)25(7-1-2-8-25)24(31)30-12-13-32-17-18(16-30)14-22-23-4-3-10-29(23)11-9-28-22/h3-6,9-11,15,18H,1-2,7-8,12-14,16-17H2/t18-/m0/s1. The lowest BCUT2D eigenvalue weighted by atomic mass is 9.77. The molecule has 168 valence electrons. The van der Waals surface area contributed by atoms with Gasteiger partial charge >= 0.3 is 0 Å². The van der Waals surface area contributed by atoms with Crippen LogP contribution in [0.4, 0.5) is 4.39 Å². The zero-order valence-corrected chi connectivity index (χ0v) is 18.7. The summed E-state index contributed by atoms with van der Waals surface area (Å²) >= 11 is 6.45. The van der Waals surface area contributed by atoms with Gasteiger partial charge in [-0.1, -0.05) is 30.5 Å². The summed E-state index contributed by atoms with van der Waals surface area (Å²) in [4.78, 5) is 20.5. The van der Waals surface area contributed by atoms with Gasteiger partial charge in [-0.2, -0.15) is 0 Å². The number of hydrogen-bond donors (Lipinski definition) is 0. The molecule has 2 aliphatic rings. The largest absolute Gasteiger partial charge is 0.379 e. The molecule has 1 aromatic carbocycles. The smallest absolute Gasteiger partial charge is 0.233 e. The molecule has 1 aliphatic carbocycles. The third-order valence-electron chi connectivity index (χ3n) is 6.95. The van der Waals surface area contributed by atoms with Gasteiger partial charge in [-0.05, 0) is 49.1 Å². The maximum Gasteiger partial charge on any atom is 0.233 e. The fourth-order valence-corrected chi connectivity index (χ4v) is 5.75. The van der Waals surface area contributed by atoms with Crippen LogP contribution < -0.4 is 0 Å². The van der Waals surface area contributed by atoms with Crippen LogP contribution in [0.2, 0.25) is 5.02 Å². The quantitative estimate of drug-likeness (QED) is 0.575. The van der Waals surface area contributed by atoms with E-state index in [1.165, 1.54) is 12.1 Å². The van der Waals surface area contributed by atoms with Crippen molar-refractivity contribution in [2.75, 3.05) is 26.3 Å². The van der Waals surface area contributed by atoms with Crippen LogP contribution in [0, 0.1) is 11.7 Å². The molecule has 32 heavy (non-hydrogen) atoms. The Balaban J connectivity index is 1.41. The van der Waals surface area contributed by atoms with Crippen molar-refractivity contribution in [2.24, 2.45) is 5.92 Å². The predicted octanol–water partition coefficient (Wildman–Crippen LogP) is 4.66. The minimum Gasteiger partial charge on any atom is -0.379 e. The molecule has 2 aromatic heterocycles. The lowest BCUT2D eigenvalue weighted by Gasteiger charge is -2.35. The van der Waals surface area contributed by atoms with Crippen LogP contribution in [-0.2, 0) is 21.4 Å². The molecule has 3 heterocycles. The average molecular weight is 456 g/mol. The number of rotatable bonds is 4. The van der Waals surface area contributed by atoms with Crippen molar-refractivity contribution >= 4 is 23.0 Å². The molecule has 1 atom stereocenters. The van der Waals surface area contributed by atoms with Gasteiger partial charge in [-0.25, -0.2) is 4.39 Å². The summed E-state index contributed by atoms with van der Waals surface area (Å²) < 4.78 is 21.7. The van der Waals surface area contributed by atoms with Gasteiger partial charge in [-0.3, -0.25) is 9.78 Å². The number of ether oxygens (including phenoxy) is 1. The maximum absolute atomic E-state index is 14.0. The number of halogens is 2. The first-order valence-electron chi connectivity index (χ1n) is 11.3. The highest BCUT2D eigenvalue weighted by molar-refractivity contribution is 6.31. The Hall–Kier alpha value is -2.44. The average Bonchev–Trinajstić information content (AvgIpc) is 3.41. The number of fused-ring (bicyclic) bond motifs is 1. The Morgan fingerprint density at radius 2 is 2.09 bits per heavy atom. The van der Waals surface area contributed by atoms with Crippen LogP contribution in [0.3, 0.4) is 0 Å². The third-order valence-corrected chi connectivity index (χ3v) is 7.27. The van der Waals surface area contributed by atoms with Crippen LogP contribution in [-0.4, -0.2) is 46.5 Å². The van der Waals surface area contributed by atoms with Gasteiger partial charge in [0.1, 0.15) is 5.82 Å². The van der Waals surface area contributed by atoms with Crippen molar-refractivity contribution in [3.8, 4) is 0 Å². The molecule has 0 radical (unpaired) electrons. The number of carbonyl (C=O) groups excluding carboxylic acids is 1. The number of amides is 1. The molecule has 0 N–H and O–H groups in total. The zero-order valence-electron chi connectivity index (χ0n) is 18.0. The van der Waals surface area contributed by atoms with Gasteiger partial charge in [0.2, 0.25) is 5.91 Å². The fraction of sp³-hybridized carbons (Fsp3) is 0.440. The summed E-state index contributed by atoms with van der Waals surface area (Å²) in [5.74, 6) is -0.139. The molecule has 5 rings (SSSR count). The molecule has 1 saturated heterocycles.